The van der Waals surface area contributed by atoms with E-state index in [9.17, 15) is 4.79 Å². The largest absolute Gasteiger partial charge is 0.497 e. The Morgan fingerprint density at radius 1 is 1.33 bits per heavy atom. The molecule has 1 amide bonds. The number of carbonyl (C=O) groups excluding carboxylic acids is 1. The monoisotopic (exact) mass is 290 g/mol. The molecule has 2 rings (SSSR count). The third kappa shape index (κ3) is 4.20. The van der Waals surface area contributed by atoms with Gasteiger partial charge < -0.3 is 14.8 Å². The number of nitrogens with zero attached hydrogens (tertiary/aromatic N) is 3. The van der Waals surface area contributed by atoms with Gasteiger partial charge in [0.1, 0.15) is 24.2 Å². The summed E-state index contributed by atoms with van der Waals surface area (Å²) in [6.07, 6.45) is 3.38. The summed E-state index contributed by atoms with van der Waals surface area (Å²) in [6, 6.07) is 5.49. The molecule has 1 aromatic carbocycles. The fourth-order valence-corrected chi connectivity index (χ4v) is 1.84. The SMILES string of the molecule is COc1ccc(CNC(=O)CCn2cncn2)c(OC)c1. The standard InChI is InChI=1S/C14H18N4O3/c1-20-12-4-3-11(13(7-12)21-2)8-16-14(19)5-6-18-10-15-9-17-18/h3-4,7,9-10H,5-6,8H2,1-2H3,(H,16,19). The Balaban J connectivity index is 1.85. The number of methoxy groups -OCH3 is 2. The highest BCUT2D eigenvalue weighted by molar-refractivity contribution is 5.75. The minimum absolute atomic E-state index is 0.0524. The normalized spacial score (nSPS) is 10.2. The van der Waals surface area contributed by atoms with Gasteiger partial charge in [-0.05, 0) is 12.1 Å². The fourth-order valence-electron chi connectivity index (χ4n) is 1.84. The zero-order valence-corrected chi connectivity index (χ0v) is 12.1. The Bertz CT molecular complexity index is 584. The summed E-state index contributed by atoms with van der Waals surface area (Å²) < 4.78 is 12.0. The van der Waals surface area contributed by atoms with Crippen LogP contribution in [0, 0.1) is 0 Å². The molecule has 0 radical (unpaired) electrons. The summed E-state index contributed by atoms with van der Waals surface area (Å²) >= 11 is 0. The number of amides is 1. The van der Waals surface area contributed by atoms with Gasteiger partial charge >= 0.3 is 0 Å². The number of benzene rings is 1. The molecule has 0 spiro atoms. The third-order valence-corrected chi connectivity index (χ3v) is 3.00. The van der Waals surface area contributed by atoms with Gasteiger partial charge in [-0.25, -0.2) is 4.98 Å². The van der Waals surface area contributed by atoms with Gasteiger partial charge in [-0.15, -0.1) is 0 Å². The first-order chi connectivity index (χ1) is 10.2. The molecule has 0 bridgehead atoms. The molecular formula is C14H18N4O3. The van der Waals surface area contributed by atoms with Crippen LogP contribution in [0.2, 0.25) is 0 Å². The molecule has 0 fully saturated rings. The van der Waals surface area contributed by atoms with E-state index in [1.165, 1.54) is 6.33 Å². The molecule has 0 unspecified atom stereocenters. The Kier molecular flexibility index (Phi) is 5.14. The van der Waals surface area contributed by atoms with E-state index in [4.69, 9.17) is 9.47 Å². The van der Waals surface area contributed by atoms with Gasteiger partial charge in [-0.1, -0.05) is 0 Å². The number of ether oxygens (including phenoxy) is 2. The van der Waals surface area contributed by atoms with E-state index in [1.54, 1.807) is 31.3 Å². The van der Waals surface area contributed by atoms with Crippen molar-refractivity contribution in [3.63, 3.8) is 0 Å². The first-order valence-electron chi connectivity index (χ1n) is 6.53. The Morgan fingerprint density at radius 3 is 2.86 bits per heavy atom. The molecule has 7 heteroatoms. The predicted molar refractivity (Wildman–Crippen MR) is 76.0 cm³/mol. The maximum Gasteiger partial charge on any atom is 0.222 e. The van der Waals surface area contributed by atoms with E-state index in [-0.39, 0.29) is 5.91 Å². The summed E-state index contributed by atoms with van der Waals surface area (Å²) in [6.45, 7) is 0.912. The smallest absolute Gasteiger partial charge is 0.222 e. The first-order valence-corrected chi connectivity index (χ1v) is 6.53. The van der Waals surface area contributed by atoms with E-state index in [0.29, 0.717) is 31.0 Å². The third-order valence-electron chi connectivity index (χ3n) is 3.00. The highest BCUT2D eigenvalue weighted by atomic mass is 16.5. The molecular weight excluding hydrogens is 272 g/mol. The lowest BCUT2D eigenvalue weighted by atomic mass is 10.2. The molecule has 21 heavy (non-hydrogen) atoms. The van der Waals surface area contributed by atoms with Crippen molar-refractivity contribution in [1.29, 1.82) is 0 Å². The van der Waals surface area contributed by atoms with Crippen LogP contribution in [0.25, 0.3) is 0 Å². The van der Waals surface area contributed by atoms with Crippen molar-refractivity contribution in [1.82, 2.24) is 20.1 Å². The number of carbonyl (C=O) groups is 1. The topological polar surface area (TPSA) is 78.3 Å². The first kappa shape index (κ1) is 14.8. The van der Waals surface area contributed by atoms with Crippen LogP contribution < -0.4 is 14.8 Å². The van der Waals surface area contributed by atoms with Gasteiger partial charge in [0.2, 0.25) is 5.91 Å². The Labute approximate surface area is 122 Å². The molecule has 0 saturated heterocycles. The van der Waals surface area contributed by atoms with Crippen LogP contribution in [-0.4, -0.2) is 34.9 Å². The minimum Gasteiger partial charge on any atom is -0.497 e. The summed E-state index contributed by atoms with van der Waals surface area (Å²) in [4.78, 5) is 15.6. The average Bonchev–Trinajstić information content (AvgIpc) is 3.04. The minimum atomic E-state index is -0.0524. The zero-order valence-electron chi connectivity index (χ0n) is 12.1. The molecule has 7 nitrogen and oxygen atoms in total. The van der Waals surface area contributed by atoms with Crippen LogP contribution >= 0.6 is 0 Å². The lowest BCUT2D eigenvalue weighted by Gasteiger charge is -2.11. The van der Waals surface area contributed by atoms with Gasteiger partial charge in [0.15, 0.2) is 0 Å². The highest BCUT2D eigenvalue weighted by Crippen LogP contribution is 2.24. The molecule has 1 N–H and O–H groups in total. The molecule has 0 atom stereocenters. The van der Waals surface area contributed by atoms with Crippen molar-refractivity contribution < 1.29 is 14.3 Å². The maximum atomic E-state index is 11.8. The average molecular weight is 290 g/mol. The van der Waals surface area contributed by atoms with Crippen molar-refractivity contribution in [2.24, 2.45) is 0 Å². The van der Waals surface area contributed by atoms with E-state index < -0.39 is 0 Å². The van der Waals surface area contributed by atoms with Crippen LogP contribution in [0.5, 0.6) is 11.5 Å². The highest BCUT2D eigenvalue weighted by Gasteiger charge is 2.07. The van der Waals surface area contributed by atoms with Crippen molar-refractivity contribution in [3.8, 4) is 11.5 Å². The fraction of sp³-hybridized carbons (Fsp3) is 0.357. The summed E-state index contributed by atoms with van der Waals surface area (Å²) in [5.41, 5.74) is 0.896. The molecule has 0 aliphatic rings. The van der Waals surface area contributed by atoms with Gasteiger partial charge in [0.25, 0.3) is 0 Å². The Morgan fingerprint density at radius 2 is 2.19 bits per heavy atom. The molecule has 2 aromatic rings. The Hall–Kier alpha value is -2.57. The van der Waals surface area contributed by atoms with Gasteiger partial charge in [-0.2, -0.15) is 5.10 Å². The van der Waals surface area contributed by atoms with Crippen molar-refractivity contribution in [2.45, 2.75) is 19.5 Å². The van der Waals surface area contributed by atoms with Gasteiger partial charge in [-0.3, -0.25) is 9.48 Å². The maximum absolute atomic E-state index is 11.8. The van der Waals surface area contributed by atoms with Crippen LogP contribution in [0.1, 0.15) is 12.0 Å². The second-order valence-corrected chi connectivity index (χ2v) is 4.36. The van der Waals surface area contributed by atoms with Gasteiger partial charge in [0, 0.05) is 24.6 Å². The second-order valence-electron chi connectivity index (χ2n) is 4.36. The summed E-state index contributed by atoms with van der Waals surface area (Å²) in [7, 11) is 3.19. The molecule has 1 heterocycles. The molecule has 0 aliphatic heterocycles. The van der Waals surface area contributed by atoms with E-state index in [2.05, 4.69) is 15.4 Å². The number of hydrogen-bond acceptors (Lipinski definition) is 5. The van der Waals surface area contributed by atoms with Crippen molar-refractivity contribution >= 4 is 5.91 Å². The predicted octanol–water partition coefficient (Wildman–Crippen LogP) is 1.00. The lowest BCUT2D eigenvalue weighted by Crippen LogP contribution is -2.24. The number of rotatable bonds is 7. The summed E-state index contributed by atoms with van der Waals surface area (Å²) in [5.74, 6) is 1.35. The number of nitrogens with one attached hydrogen (secondary N) is 1. The lowest BCUT2D eigenvalue weighted by molar-refractivity contribution is -0.121. The van der Waals surface area contributed by atoms with E-state index in [0.717, 1.165) is 5.56 Å². The quantitative estimate of drug-likeness (QED) is 0.823. The molecule has 1 aromatic heterocycles. The van der Waals surface area contributed by atoms with Crippen LogP contribution in [0.4, 0.5) is 0 Å². The summed E-state index contributed by atoms with van der Waals surface area (Å²) in [5, 5.41) is 6.80. The number of aromatic nitrogens is 3. The molecule has 0 aliphatic carbocycles. The number of aryl methyl sites for hydroxylation is 1. The van der Waals surface area contributed by atoms with Crippen molar-refractivity contribution in [2.75, 3.05) is 14.2 Å². The van der Waals surface area contributed by atoms with Crippen LogP contribution in [0.15, 0.2) is 30.9 Å². The number of hydrogen-bond donors (Lipinski definition) is 1. The molecule has 112 valence electrons. The van der Waals surface area contributed by atoms with Gasteiger partial charge in [0.05, 0.1) is 20.8 Å². The van der Waals surface area contributed by atoms with Crippen LogP contribution in [-0.2, 0) is 17.9 Å². The molecule has 0 saturated carbocycles. The van der Waals surface area contributed by atoms with E-state index in [1.807, 2.05) is 12.1 Å². The van der Waals surface area contributed by atoms with Crippen LogP contribution in [0.3, 0.4) is 0 Å². The van der Waals surface area contributed by atoms with E-state index >= 15 is 0 Å². The van der Waals surface area contributed by atoms with Crippen molar-refractivity contribution in [3.05, 3.63) is 36.4 Å². The zero-order chi connectivity index (χ0) is 15.1. The second kappa shape index (κ2) is 7.28.